The van der Waals surface area contributed by atoms with Crippen molar-refractivity contribution in [3.05, 3.63) is 23.9 Å². The zero-order chi connectivity index (χ0) is 13.7. The average Bonchev–Trinajstić information content (AvgIpc) is 2.75. The Morgan fingerprint density at radius 2 is 2.26 bits per heavy atom. The van der Waals surface area contributed by atoms with Gasteiger partial charge in [-0.2, -0.15) is 0 Å². The highest BCUT2D eigenvalue weighted by Crippen LogP contribution is 2.32. The number of rotatable bonds is 6. The van der Waals surface area contributed by atoms with Crippen molar-refractivity contribution in [2.24, 2.45) is 0 Å². The molecule has 0 saturated carbocycles. The first-order valence-corrected chi connectivity index (χ1v) is 7.06. The van der Waals surface area contributed by atoms with Crippen molar-refractivity contribution >= 4 is 5.82 Å². The molecule has 0 aromatic carbocycles. The van der Waals surface area contributed by atoms with Gasteiger partial charge in [-0.3, -0.25) is 0 Å². The summed E-state index contributed by atoms with van der Waals surface area (Å²) < 4.78 is 5.00. The zero-order valence-electron chi connectivity index (χ0n) is 12.3. The molecule has 4 heteroatoms. The van der Waals surface area contributed by atoms with E-state index in [4.69, 9.17) is 4.74 Å². The van der Waals surface area contributed by atoms with Gasteiger partial charge in [0.1, 0.15) is 5.82 Å². The highest BCUT2D eigenvalue weighted by Gasteiger charge is 2.32. The Kier molecular flexibility index (Phi) is 4.77. The molecule has 1 aliphatic rings. The quantitative estimate of drug-likeness (QED) is 0.798. The summed E-state index contributed by atoms with van der Waals surface area (Å²) in [7, 11) is 1.72. The Labute approximate surface area is 116 Å². The molecular formula is C15H25N3O. The van der Waals surface area contributed by atoms with Crippen LogP contribution in [0.25, 0.3) is 0 Å². The lowest BCUT2D eigenvalue weighted by atomic mass is 10.0. The van der Waals surface area contributed by atoms with Gasteiger partial charge >= 0.3 is 0 Å². The molecule has 1 aromatic heterocycles. The van der Waals surface area contributed by atoms with E-state index in [9.17, 15) is 0 Å². The van der Waals surface area contributed by atoms with Gasteiger partial charge in [-0.15, -0.1) is 0 Å². The third-order valence-electron chi connectivity index (χ3n) is 3.80. The molecule has 2 heterocycles. The SMILES string of the molecule is COCCNCc1ccc(N2CCCC2(C)C)nc1. The fourth-order valence-corrected chi connectivity index (χ4v) is 2.62. The van der Waals surface area contributed by atoms with Crippen LogP contribution in [0.1, 0.15) is 32.3 Å². The number of anilines is 1. The van der Waals surface area contributed by atoms with Gasteiger partial charge in [0.25, 0.3) is 0 Å². The molecule has 0 radical (unpaired) electrons. The lowest BCUT2D eigenvalue weighted by molar-refractivity contribution is 0.199. The summed E-state index contributed by atoms with van der Waals surface area (Å²) in [4.78, 5) is 7.02. The molecule has 2 rings (SSSR count). The third-order valence-corrected chi connectivity index (χ3v) is 3.80. The molecule has 0 atom stereocenters. The standard InChI is InChI=1S/C15H25N3O/c1-15(2)7-4-9-18(15)14-6-5-13(12-17-14)11-16-8-10-19-3/h5-6,12,16H,4,7-11H2,1-3H3. The fourth-order valence-electron chi connectivity index (χ4n) is 2.62. The van der Waals surface area contributed by atoms with Crippen molar-refractivity contribution in [3.8, 4) is 0 Å². The molecule has 1 aromatic rings. The van der Waals surface area contributed by atoms with E-state index in [0.29, 0.717) is 0 Å². The third kappa shape index (κ3) is 3.67. The van der Waals surface area contributed by atoms with E-state index in [1.165, 1.54) is 18.4 Å². The molecule has 19 heavy (non-hydrogen) atoms. The summed E-state index contributed by atoms with van der Waals surface area (Å²) in [6.07, 6.45) is 4.48. The molecule has 0 bridgehead atoms. The Morgan fingerprint density at radius 3 is 2.84 bits per heavy atom. The van der Waals surface area contributed by atoms with Crippen LogP contribution in [0, 0.1) is 0 Å². The lowest BCUT2D eigenvalue weighted by Crippen LogP contribution is -2.38. The normalized spacial score (nSPS) is 17.9. The molecule has 1 N–H and O–H groups in total. The maximum atomic E-state index is 5.00. The van der Waals surface area contributed by atoms with E-state index >= 15 is 0 Å². The monoisotopic (exact) mass is 263 g/mol. The number of pyridine rings is 1. The van der Waals surface area contributed by atoms with Gasteiger partial charge in [-0.05, 0) is 38.3 Å². The highest BCUT2D eigenvalue weighted by molar-refractivity contribution is 5.43. The molecule has 0 aliphatic carbocycles. The van der Waals surface area contributed by atoms with Crippen molar-refractivity contribution in [3.63, 3.8) is 0 Å². The van der Waals surface area contributed by atoms with E-state index in [0.717, 1.165) is 32.1 Å². The molecular weight excluding hydrogens is 238 g/mol. The van der Waals surface area contributed by atoms with E-state index < -0.39 is 0 Å². The van der Waals surface area contributed by atoms with E-state index in [1.807, 2.05) is 6.20 Å². The van der Waals surface area contributed by atoms with E-state index in [-0.39, 0.29) is 5.54 Å². The van der Waals surface area contributed by atoms with Crippen LogP contribution in [0.5, 0.6) is 0 Å². The molecule has 0 unspecified atom stereocenters. The number of hydrogen-bond donors (Lipinski definition) is 1. The second-order valence-corrected chi connectivity index (χ2v) is 5.76. The van der Waals surface area contributed by atoms with Gasteiger partial charge in [0.2, 0.25) is 0 Å². The Morgan fingerprint density at radius 1 is 1.42 bits per heavy atom. The summed E-state index contributed by atoms with van der Waals surface area (Å²) in [5.41, 5.74) is 1.46. The highest BCUT2D eigenvalue weighted by atomic mass is 16.5. The minimum absolute atomic E-state index is 0.241. The maximum absolute atomic E-state index is 5.00. The molecule has 1 aliphatic heterocycles. The van der Waals surface area contributed by atoms with Gasteiger partial charge in [0, 0.05) is 38.5 Å². The summed E-state index contributed by atoms with van der Waals surface area (Å²) in [5.74, 6) is 1.10. The van der Waals surface area contributed by atoms with Crippen LogP contribution < -0.4 is 10.2 Å². The largest absolute Gasteiger partial charge is 0.383 e. The van der Waals surface area contributed by atoms with Crippen LogP contribution in [-0.2, 0) is 11.3 Å². The second kappa shape index (κ2) is 6.35. The van der Waals surface area contributed by atoms with Crippen LogP contribution in [0.15, 0.2) is 18.3 Å². The van der Waals surface area contributed by atoms with Crippen molar-refractivity contribution in [1.82, 2.24) is 10.3 Å². The zero-order valence-corrected chi connectivity index (χ0v) is 12.3. The minimum atomic E-state index is 0.241. The van der Waals surface area contributed by atoms with Gasteiger partial charge in [0.15, 0.2) is 0 Å². The number of nitrogens with zero attached hydrogens (tertiary/aromatic N) is 2. The number of hydrogen-bond acceptors (Lipinski definition) is 4. The molecule has 1 fully saturated rings. The lowest BCUT2D eigenvalue weighted by Gasteiger charge is -2.32. The maximum Gasteiger partial charge on any atom is 0.128 e. The average molecular weight is 263 g/mol. The minimum Gasteiger partial charge on any atom is -0.383 e. The number of aromatic nitrogens is 1. The summed E-state index contributed by atoms with van der Waals surface area (Å²) >= 11 is 0. The van der Waals surface area contributed by atoms with E-state index in [1.54, 1.807) is 7.11 Å². The first kappa shape index (κ1) is 14.3. The van der Waals surface area contributed by atoms with Gasteiger partial charge in [-0.1, -0.05) is 6.07 Å². The van der Waals surface area contributed by atoms with Crippen LogP contribution in [-0.4, -0.2) is 37.3 Å². The molecule has 1 saturated heterocycles. The molecule has 0 spiro atoms. The number of nitrogens with one attached hydrogen (secondary N) is 1. The molecule has 106 valence electrons. The van der Waals surface area contributed by atoms with Crippen molar-refractivity contribution < 1.29 is 4.74 Å². The van der Waals surface area contributed by atoms with Crippen LogP contribution in [0.4, 0.5) is 5.82 Å². The van der Waals surface area contributed by atoms with Crippen molar-refractivity contribution in [1.29, 1.82) is 0 Å². The first-order chi connectivity index (χ1) is 9.13. The topological polar surface area (TPSA) is 37.4 Å². The van der Waals surface area contributed by atoms with Gasteiger partial charge in [-0.25, -0.2) is 4.98 Å². The Balaban J connectivity index is 1.91. The molecule has 4 nitrogen and oxygen atoms in total. The molecule has 0 amide bonds. The summed E-state index contributed by atoms with van der Waals surface area (Å²) in [6.45, 7) is 8.17. The smallest absolute Gasteiger partial charge is 0.128 e. The predicted molar refractivity (Wildman–Crippen MR) is 78.5 cm³/mol. The van der Waals surface area contributed by atoms with Crippen LogP contribution in [0.3, 0.4) is 0 Å². The number of ether oxygens (including phenoxy) is 1. The van der Waals surface area contributed by atoms with Gasteiger partial charge in [0.05, 0.1) is 6.61 Å². The van der Waals surface area contributed by atoms with Crippen LogP contribution in [0.2, 0.25) is 0 Å². The Hall–Kier alpha value is -1.13. The van der Waals surface area contributed by atoms with Gasteiger partial charge < -0.3 is 15.0 Å². The van der Waals surface area contributed by atoms with E-state index in [2.05, 4.69) is 41.2 Å². The second-order valence-electron chi connectivity index (χ2n) is 5.76. The van der Waals surface area contributed by atoms with Crippen molar-refractivity contribution in [2.75, 3.05) is 31.7 Å². The predicted octanol–water partition coefficient (Wildman–Crippen LogP) is 2.20. The summed E-state index contributed by atoms with van der Waals surface area (Å²) in [6, 6.07) is 4.30. The Bertz CT molecular complexity index is 389. The van der Waals surface area contributed by atoms with Crippen LogP contribution >= 0.6 is 0 Å². The first-order valence-electron chi connectivity index (χ1n) is 7.06. The van der Waals surface area contributed by atoms with Crippen molar-refractivity contribution in [2.45, 2.75) is 38.8 Å². The fraction of sp³-hybridized carbons (Fsp3) is 0.667. The summed E-state index contributed by atoms with van der Waals surface area (Å²) in [5, 5.41) is 3.33. The number of methoxy groups -OCH3 is 1.